The van der Waals surface area contributed by atoms with Crippen LogP contribution in [0.2, 0.25) is 0 Å². The highest BCUT2D eigenvalue weighted by atomic mass is 16.2. The van der Waals surface area contributed by atoms with Crippen molar-refractivity contribution in [3.63, 3.8) is 0 Å². The van der Waals surface area contributed by atoms with E-state index in [1.807, 2.05) is 36.9 Å². The van der Waals surface area contributed by atoms with E-state index in [0.717, 1.165) is 43.0 Å². The van der Waals surface area contributed by atoms with Crippen molar-refractivity contribution in [2.24, 2.45) is 0 Å². The molecule has 2 aromatic rings. The highest BCUT2D eigenvalue weighted by molar-refractivity contribution is 5.91. The molecule has 0 unspecified atom stereocenters. The lowest BCUT2D eigenvalue weighted by Gasteiger charge is -2.36. The minimum absolute atomic E-state index is 0.00133. The minimum Gasteiger partial charge on any atom is -0.372 e. The normalized spacial score (nSPS) is 17.1. The van der Waals surface area contributed by atoms with Crippen molar-refractivity contribution in [2.75, 3.05) is 54.4 Å². The van der Waals surface area contributed by atoms with Crippen LogP contribution in [-0.4, -0.2) is 50.2 Å². The average molecular weight is 379 g/mol. The van der Waals surface area contributed by atoms with Crippen LogP contribution in [0.5, 0.6) is 0 Å². The molecule has 2 aliphatic heterocycles. The van der Waals surface area contributed by atoms with Gasteiger partial charge in [0.25, 0.3) is 0 Å². The number of para-hydroxylation sites is 1. The molecule has 2 saturated heterocycles. The summed E-state index contributed by atoms with van der Waals surface area (Å²) in [6.07, 6.45) is 2.60. The Labute approximate surface area is 167 Å². The van der Waals surface area contributed by atoms with E-state index in [2.05, 4.69) is 39.4 Å². The Bertz CT molecular complexity index is 799. The maximum Gasteiger partial charge on any atom is 0.321 e. The third-order valence-electron chi connectivity index (χ3n) is 5.97. The molecule has 0 aromatic heterocycles. The Hall–Kier alpha value is -2.69. The van der Waals surface area contributed by atoms with Gasteiger partial charge < -0.3 is 20.0 Å². The fourth-order valence-corrected chi connectivity index (χ4v) is 4.21. The van der Waals surface area contributed by atoms with Crippen molar-refractivity contribution < 1.29 is 4.79 Å². The number of anilines is 3. The van der Waals surface area contributed by atoms with Gasteiger partial charge in [-0.05, 0) is 62.1 Å². The number of piperazine rings is 1. The number of aryl methyl sites for hydroxylation is 2. The van der Waals surface area contributed by atoms with E-state index >= 15 is 0 Å². The molecule has 2 amide bonds. The Balaban J connectivity index is 1.33. The van der Waals surface area contributed by atoms with Gasteiger partial charge in [-0.25, -0.2) is 4.79 Å². The molecule has 1 N–H and O–H groups in total. The summed E-state index contributed by atoms with van der Waals surface area (Å²) in [4.78, 5) is 19.4. The number of hydrogen-bond acceptors (Lipinski definition) is 3. The van der Waals surface area contributed by atoms with E-state index < -0.39 is 0 Å². The number of nitrogens with one attached hydrogen (secondary N) is 1. The number of carbonyl (C=O) groups is 1. The topological polar surface area (TPSA) is 38.8 Å². The number of carbonyl (C=O) groups excluding carboxylic acids is 1. The molecule has 5 nitrogen and oxygen atoms in total. The fraction of sp³-hybridized carbons (Fsp3) is 0.435. The summed E-state index contributed by atoms with van der Waals surface area (Å²) in [5, 5.41) is 3.10. The van der Waals surface area contributed by atoms with Gasteiger partial charge in [-0.15, -0.1) is 0 Å². The molecule has 2 fully saturated rings. The largest absolute Gasteiger partial charge is 0.372 e. The lowest BCUT2D eigenvalue weighted by molar-refractivity contribution is 0.208. The predicted molar refractivity (Wildman–Crippen MR) is 117 cm³/mol. The summed E-state index contributed by atoms with van der Waals surface area (Å²) in [6.45, 7) is 9.63. The highest BCUT2D eigenvalue weighted by Gasteiger charge is 2.22. The standard InChI is InChI=1S/C23H30N4O/c1-18-6-5-7-19(2)22(18)24-23(28)27-16-14-26(15-17-27)21-10-8-20(9-11-21)25-12-3-4-13-25/h5-11H,3-4,12-17H2,1-2H3,(H,24,28). The molecule has 2 heterocycles. The van der Waals surface area contributed by atoms with E-state index in [1.54, 1.807) is 0 Å². The van der Waals surface area contributed by atoms with Gasteiger partial charge in [-0.3, -0.25) is 0 Å². The Morgan fingerprint density at radius 1 is 0.750 bits per heavy atom. The van der Waals surface area contributed by atoms with Gasteiger partial charge in [0.15, 0.2) is 0 Å². The van der Waals surface area contributed by atoms with Gasteiger partial charge in [0.1, 0.15) is 0 Å². The molecule has 148 valence electrons. The molecule has 2 aliphatic rings. The average Bonchev–Trinajstić information content (AvgIpc) is 3.26. The van der Waals surface area contributed by atoms with E-state index in [1.165, 1.54) is 37.3 Å². The van der Waals surface area contributed by atoms with Gasteiger partial charge in [0.05, 0.1) is 0 Å². The van der Waals surface area contributed by atoms with Crippen molar-refractivity contribution in [1.82, 2.24) is 4.90 Å². The quantitative estimate of drug-likeness (QED) is 0.867. The molecular weight excluding hydrogens is 348 g/mol. The summed E-state index contributed by atoms with van der Waals surface area (Å²) in [5.41, 5.74) is 5.72. The molecule has 0 radical (unpaired) electrons. The molecule has 0 saturated carbocycles. The Kier molecular flexibility index (Phi) is 5.42. The summed E-state index contributed by atoms with van der Waals surface area (Å²) in [6, 6.07) is 15.0. The van der Waals surface area contributed by atoms with Crippen LogP contribution in [-0.2, 0) is 0 Å². The molecule has 0 spiro atoms. The molecule has 28 heavy (non-hydrogen) atoms. The second-order valence-electron chi connectivity index (χ2n) is 7.88. The summed E-state index contributed by atoms with van der Waals surface area (Å²) in [7, 11) is 0. The van der Waals surface area contributed by atoms with Gasteiger partial charge >= 0.3 is 6.03 Å². The third kappa shape index (κ3) is 3.93. The first kappa shape index (κ1) is 18.7. The van der Waals surface area contributed by atoms with Crippen LogP contribution in [0.3, 0.4) is 0 Å². The Morgan fingerprint density at radius 3 is 1.79 bits per heavy atom. The van der Waals surface area contributed by atoms with Crippen molar-refractivity contribution >= 4 is 23.1 Å². The number of urea groups is 1. The van der Waals surface area contributed by atoms with E-state index in [-0.39, 0.29) is 6.03 Å². The van der Waals surface area contributed by atoms with Crippen molar-refractivity contribution in [3.8, 4) is 0 Å². The maximum absolute atomic E-state index is 12.7. The second kappa shape index (κ2) is 8.13. The summed E-state index contributed by atoms with van der Waals surface area (Å²) < 4.78 is 0. The van der Waals surface area contributed by atoms with Gasteiger partial charge in [0.2, 0.25) is 0 Å². The fourth-order valence-electron chi connectivity index (χ4n) is 4.21. The lowest BCUT2D eigenvalue weighted by Crippen LogP contribution is -2.50. The second-order valence-corrected chi connectivity index (χ2v) is 7.88. The first-order valence-electron chi connectivity index (χ1n) is 10.3. The molecule has 2 aromatic carbocycles. The van der Waals surface area contributed by atoms with Crippen LogP contribution in [0.25, 0.3) is 0 Å². The number of hydrogen-bond donors (Lipinski definition) is 1. The molecule has 0 bridgehead atoms. The first-order chi connectivity index (χ1) is 13.6. The van der Waals surface area contributed by atoms with E-state index in [4.69, 9.17) is 0 Å². The zero-order valence-electron chi connectivity index (χ0n) is 16.9. The van der Waals surface area contributed by atoms with Gasteiger partial charge in [0, 0.05) is 56.3 Å². The number of amides is 2. The first-order valence-corrected chi connectivity index (χ1v) is 10.3. The van der Waals surface area contributed by atoms with Crippen LogP contribution < -0.4 is 15.1 Å². The van der Waals surface area contributed by atoms with Crippen LogP contribution in [0.1, 0.15) is 24.0 Å². The van der Waals surface area contributed by atoms with Crippen LogP contribution in [0.4, 0.5) is 21.9 Å². The monoisotopic (exact) mass is 378 g/mol. The minimum atomic E-state index is 0.00133. The third-order valence-corrected chi connectivity index (χ3v) is 5.97. The predicted octanol–water partition coefficient (Wildman–Crippen LogP) is 4.26. The van der Waals surface area contributed by atoms with Crippen molar-refractivity contribution in [3.05, 3.63) is 53.6 Å². The van der Waals surface area contributed by atoms with E-state index in [9.17, 15) is 4.79 Å². The van der Waals surface area contributed by atoms with Crippen molar-refractivity contribution in [1.29, 1.82) is 0 Å². The number of benzene rings is 2. The zero-order chi connectivity index (χ0) is 19.5. The summed E-state index contributed by atoms with van der Waals surface area (Å²) in [5.74, 6) is 0. The molecule has 0 atom stereocenters. The maximum atomic E-state index is 12.7. The van der Waals surface area contributed by atoms with E-state index in [0.29, 0.717) is 0 Å². The van der Waals surface area contributed by atoms with Crippen LogP contribution in [0.15, 0.2) is 42.5 Å². The van der Waals surface area contributed by atoms with Crippen LogP contribution in [0, 0.1) is 13.8 Å². The summed E-state index contributed by atoms with van der Waals surface area (Å²) >= 11 is 0. The number of rotatable bonds is 3. The zero-order valence-corrected chi connectivity index (χ0v) is 16.9. The molecule has 4 rings (SSSR count). The SMILES string of the molecule is Cc1cccc(C)c1NC(=O)N1CCN(c2ccc(N3CCCC3)cc2)CC1. The molecule has 5 heteroatoms. The highest BCUT2D eigenvalue weighted by Crippen LogP contribution is 2.25. The van der Waals surface area contributed by atoms with Gasteiger partial charge in [-0.1, -0.05) is 18.2 Å². The van der Waals surface area contributed by atoms with Gasteiger partial charge in [-0.2, -0.15) is 0 Å². The van der Waals surface area contributed by atoms with Crippen molar-refractivity contribution in [2.45, 2.75) is 26.7 Å². The smallest absolute Gasteiger partial charge is 0.321 e. The van der Waals surface area contributed by atoms with Crippen LogP contribution >= 0.6 is 0 Å². The molecular formula is C23H30N4O. The number of nitrogens with zero attached hydrogens (tertiary/aromatic N) is 3. The lowest BCUT2D eigenvalue weighted by atomic mass is 10.1. The molecule has 0 aliphatic carbocycles. The Morgan fingerprint density at radius 2 is 1.25 bits per heavy atom.